The van der Waals surface area contributed by atoms with Crippen LogP contribution in [0, 0.1) is 11.8 Å². The molecular weight excluding hydrogens is 624 g/mol. The number of carboxylic acids is 2. The Labute approximate surface area is 272 Å². The van der Waals surface area contributed by atoms with Gasteiger partial charge >= 0.3 is 11.9 Å². The van der Waals surface area contributed by atoms with Crippen LogP contribution < -0.4 is 43.8 Å². The summed E-state index contributed by atoms with van der Waals surface area (Å²) in [7, 11) is 0. The number of hydrogen-bond acceptors (Lipinski definition) is 11. The van der Waals surface area contributed by atoms with E-state index in [1.54, 1.807) is 27.7 Å². The van der Waals surface area contributed by atoms with Crippen LogP contribution in [0.5, 0.6) is 0 Å². The zero-order valence-electron chi connectivity index (χ0n) is 27.3. The summed E-state index contributed by atoms with van der Waals surface area (Å²) in [5.41, 5.74) is 16.3. The van der Waals surface area contributed by atoms with Gasteiger partial charge in [0, 0.05) is 13.0 Å². The number of carboxylic acid groups (broad SMARTS) is 2. The van der Waals surface area contributed by atoms with Crippen LogP contribution in [0.2, 0.25) is 0 Å². The Morgan fingerprint density at radius 1 is 0.681 bits per heavy atom. The zero-order chi connectivity index (χ0) is 36.6. The van der Waals surface area contributed by atoms with Gasteiger partial charge in [-0.15, -0.1) is 0 Å². The van der Waals surface area contributed by atoms with Crippen molar-refractivity contribution < 1.29 is 53.7 Å². The summed E-state index contributed by atoms with van der Waals surface area (Å²) in [6.07, 6.45) is -3.33. The summed E-state index contributed by atoms with van der Waals surface area (Å²) < 4.78 is 0. The van der Waals surface area contributed by atoms with E-state index in [0.717, 1.165) is 0 Å². The van der Waals surface area contributed by atoms with Crippen LogP contribution >= 0.6 is 0 Å². The smallest absolute Gasteiger partial charge is 0.305 e. The molecule has 0 bridgehead atoms. The first kappa shape index (κ1) is 42.6. The van der Waals surface area contributed by atoms with Crippen LogP contribution in [0.3, 0.4) is 0 Å². The highest BCUT2D eigenvalue weighted by atomic mass is 16.4. The molecule has 7 atom stereocenters. The molecule has 47 heavy (non-hydrogen) atoms. The highest BCUT2D eigenvalue weighted by Crippen LogP contribution is 2.11. The van der Waals surface area contributed by atoms with Gasteiger partial charge in [-0.25, -0.2) is 0 Å². The van der Waals surface area contributed by atoms with Gasteiger partial charge in [0.15, 0.2) is 0 Å². The Balaban J connectivity index is 5.68. The van der Waals surface area contributed by atoms with Crippen LogP contribution in [0.1, 0.15) is 66.7 Å². The topological polar surface area (TPSA) is 335 Å². The number of nitrogens with two attached hydrogens (primary N) is 3. The van der Waals surface area contributed by atoms with Crippen LogP contribution in [0.25, 0.3) is 0 Å². The number of nitrogens with one attached hydrogen (secondary N) is 5. The van der Waals surface area contributed by atoms with Crippen LogP contribution in [0.15, 0.2) is 0 Å². The van der Waals surface area contributed by atoms with Crippen molar-refractivity contribution in [3.05, 3.63) is 0 Å². The molecular formula is C28H50N8O11. The standard InChI is InChI=1S/C28H50N8O11/c1-12(2)8-16(35-27(46)18(9-20(29)38)36-28(47)23(30)13(3)4)19(37)11-32-17(10-22(41)42)26(45)33-14(5)25(44)34-15(24(31)43)6-7-21(39)40/h12-19,23,32,37H,6-11,30H2,1-5H3,(H2,29,38)(H2,31,43)(H,33,45)(H,34,44)(H,35,46)(H,36,47)(H,39,40)(H,41,42)/t14-,15-,16-,17-,18-,19-,23-/m0/s1. The molecule has 19 heteroatoms. The number of hydrogen-bond donors (Lipinski definition) is 11. The Morgan fingerprint density at radius 2 is 1.23 bits per heavy atom. The molecule has 0 aliphatic carbocycles. The zero-order valence-corrected chi connectivity index (χ0v) is 27.3. The van der Waals surface area contributed by atoms with Crippen LogP contribution in [-0.4, -0.2) is 112 Å². The molecule has 0 saturated heterocycles. The summed E-state index contributed by atoms with van der Waals surface area (Å²) in [4.78, 5) is 96.6. The molecule has 0 aromatic heterocycles. The molecule has 14 N–H and O–H groups in total. The fourth-order valence-corrected chi connectivity index (χ4v) is 4.15. The van der Waals surface area contributed by atoms with Gasteiger partial charge in [0.05, 0.1) is 37.1 Å². The first-order chi connectivity index (χ1) is 21.7. The number of aliphatic hydroxyl groups is 1. The summed E-state index contributed by atoms with van der Waals surface area (Å²) in [5, 5.41) is 41.3. The maximum absolute atomic E-state index is 13.1. The summed E-state index contributed by atoms with van der Waals surface area (Å²) >= 11 is 0. The minimum Gasteiger partial charge on any atom is -0.481 e. The molecule has 0 unspecified atom stereocenters. The first-order valence-electron chi connectivity index (χ1n) is 15.1. The Hall–Kier alpha value is -4.36. The maximum Gasteiger partial charge on any atom is 0.305 e. The highest BCUT2D eigenvalue weighted by molar-refractivity contribution is 5.94. The molecule has 0 aliphatic heterocycles. The molecule has 0 aliphatic rings. The first-order valence-corrected chi connectivity index (χ1v) is 15.1. The Kier molecular flexibility index (Phi) is 18.8. The SMILES string of the molecule is CC(C)C[C@H](NC(=O)[C@H](CC(N)=O)NC(=O)[C@@H](N)C(C)C)[C@@H](O)CN[C@@H](CC(=O)O)C(=O)N[C@@H](C)C(=O)N[C@@H](CCC(=O)O)C(N)=O. The lowest BCUT2D eigenvalue weighted by molar-refractivity contribution is -0.140. The monoisotopic (exact) mass is 674 g/mol. The molecule has 268 valence electrons. The van der Waals surface area contributed by atoms with Gasteiger partial charge in [-0.05, 0) is 31.6 Å². The molecule has 0 rings (SSSR count). The minimum absolute atomic E-state index is 0.0919. The van der Waals surface area contributed by atoms with Crippen LogP contribution in [0.4, 0.5) is 0 Å². The number of carbonyl (C=O) groups excluding carboxylic acids is 6. The number of amides is 6. The van der Waals surface area contributed by atoms with Crippen molar-refractivity contribution in [2.24, 2.45) is 29.0 Å². The third kappa shape index (κ3) is 17.2. The largest absolute Gasteiger partial charge is 0.481 e. The van der Waals surface area contributed by atoms with Crippen molar-refractivity contribution in [3.8, 4) is 0 Å². The van der Waals surface area contributed by atoms with E-state index >= 15 is 0 Å². The average Bonchev–Trinajstić information content (AvgIpc) is 2.94. The van der Waals surface area contributed by atoms with Crippen molar-refractivity contribution in [1.82, 2.24) is 26.6 Å². The van der Waals surface area contributed by atoms with Crippen molar-refractivity contribution in [3.63, 3.8) is 0 Å². The lowest BCUT2D eigenvalue weighted by Crippen LogP contribution is -2.58. The van der Waals surface area contributed by atoms with E-state index in [9.17, 15) is 48.6 Å². The molecule has 0 aromatic rings. The van der Waals surface area contributed by atoms with Crippen molar-refractivity contribution in [2.45, 2.75) is 109 Å². The minimum atomic E-state index is -1.48. The second-order valence-electron chi connectivity index (χ2n) is 12.0. The number of primary amides is 2. The molecule has 0 heterocycles. The third-order valence-corrected chi connectivity index (χ3v) is 6.90. The van der Waals surface area contributed by atoms with E-state index < -0.39 is 116 Å². The van der Waals surface area contributed by atoms with E-state index in [-0.39, 0.29) is 24.7 Å². The molecule has 0 fully saturated rings. The molecule has 19 nitrogen and oxygen atoms in total. The summed E-state index contributed by atoms with van der Waals surface area (Å²) in [5.74, 6) is -8.27. The lowest BCUT2D eigenvalue weighted by atomic mass is 9.97. The number of rotatable bonds is 23. The van der Waals surface area contributed by atoms with Gasteiger partial charge in [-0.3, -0.25) is 38.4 Å². The molecule has 0 saturated carbocycles. The van der Waals surface area contributed by atoms with Gasteiger partial charge in [0.25, 0.3) is 0 Å². The van der Waals surface area contributed by atoms with Gasteiger partial charge in [0.2, 0.25) is 35.4 Å². The second kappa shape index (κ2) is 20.7. The van der Waals surface area contributed by atoms with Gasteiger partial charge in [-0.1, -0.05) is 27.7 Å². The fourth-order valence-electron chi connectivity index (χ4n) is 4.15. The average molecular weight is 675 g/mol. The number of aliphatic carboxylic acids is 2. The van der Waals surface area contributed by atoms with E-state index in [2.05, 4.69) is 26.6 Å². The van der Waals surface area contributed by atoms with Crippen molar-refractivity contribution >= 4 is 47.4 Å². The molecule has 0 aromatic carbocycles. The number of aliphatic hydroxyl groups excluding tert-OH is 1. The molecule has 0 spiro atoms. The quantitative estimate of drug-likeness (QED) is 0.0493. The van der Waals surface area contributed by atoms with E-state index in [1.165, 1.54) is 6.92 Å². The third-order valence-electron chi connectivity index (χ3n) is 6.90. The predicted octanol–water partition coefficient (Wildman–Crippen LogP) is -4.01. The van der Waals surface area contributed by atoms with E-state index in [1.807, 2.05) is 0 Å². The maximum atomic E-state index is 13.1. The molecule has 6 amide bonds. The summed E-state index contributed by atoms with van der Waals surface area (Å²) in [6, 6.07) is -7.52. The van der Waals surface area contributed by atoms with Crippen LogP contribution in [-0.2, 0) is 38.4 Å². The Bertz CT molecular complexity index is 1130. The highest BCUT2D eigenvalue weighted by Gasteiger charge is 2.32. The number of carbonyl (C=O) groups is 8. The normalized spacial score (nSPS) is 15.7. The fraction of sp³-hybridized carbons (Fsp3) is 0.714. The predicted molar refractivity (Wildman–Crippen MR) is 166 cm³/mol. The second-order valence-corrected chi connectivity index (χ2v) is 12.0. The molecule has 0 radical (unpaired) electrons. The Morgan fingerprint density at radius 3 is 1.70 bits per heavy atom. The van der Waals surface area contributed by atoms with Crippen molar-refractivity contribution in [2.75, 3.05) is 6.54 Å². The van der Waals surface area contributed by atoms with E-state index in [4.69, 9.17) is 22.3 Å². The van der Waals surface area contributed by atoms with Gasteiger partial charge in [-0.2, -0.15) is 0 Å². The summed E-state index contributed by atoms with van der Waals surface area (Å²) in [6.45, 7) is 7.77. The van der Waals surface area contributed by atoms with Crippen molar-refractivity contribution in [1.29, 1.82) is 0 Å². The lowest BCUT2D eigenvalue weighted by Gasteiger charge is -2.29. The van der Waals surface area contributed by atoms with Gasteiger partial charge < -0.3 is 59.1 Å². The van der Waals surface area contributed by atoms with Gasteiger partial charge in [0.1, 0.15) is 18.1 Å². The van der Waals surface area contributed by atoms with E-state index in [0.29, 0.717) is 0 Å².